The fourth-order valence-electron chi connectivity index (χ4n) is 2.37. The van der Waals surface area contributed by atoms with Gasteiger partial charge in [0.1, 0.15) is 11.6 Å². The van der Waals surface area contributed by atoms with E-state index in [2.05, 4.69) is 10.5 Å². The summed E-state index contributed by atoms with van der Waals surface area (Å²) in [6.07, 6.45) is 2.81. The zero-order chi connectivity index (χ0) is 13.9. The first-order chi connectivity index (χ1) is 9.83. The summed E-state index contributed by atoms with van der Waals surface area (Å²) < 4.78 is 7.30. The minimum atomic E-state index is 0.601. The van der Waals surface area contributed by atoms with Crippen LogP contribution < -0.4 is 10.5 Å². The lowest BCUT2D eigenvalue weighted by Crippen LogP contribution is -2.03. The summed E-state index contributed by atoms with van der Waals surface area (Å²) in [5.74, 6) is 1.78. The number of benzene rings is 1. The Bertz CT molecular complexity index is 716. The van der Waals surface area contributed by atoms with E-state index in [1.165, 1.54) is 0 Å². The molecule has 3 rings (SSSR count). The molecular weight excluding hydrogens is 250 g/mol. The summed E-state index contributed by atoms with van der Waals surface area (Å²) in [5.41, 5.74) is 8.89. The minimum Gasteiger partial charge on any atom is -0.497 e. The van der Waals surface area contributed by atoms with Gasteiger partial charge in [-0.25, -0.2) is 4.98 Å². The van der Waals surface area contributed by atoms with E-state index in [0.717, 1.165) is 34.8 Å². The normalized spacial score (nSPS) is 10.9. The minimum absolute atomic E-state index is 0.601. The molecule has 20 heavy (non-hydrogen) atoms. The Labute approximate surface area is 117 Å². The molecule has 102 valence electrons. The number of fused-ring (bicyclic) bond motifs is 1. The standard InChI is InChI=1S/C16H17N3O/c1-20-13-7-5-12(6-8-13)16-18-14(9-10-17)15-4-2-3-11-19(15)16/h2-8,11H,9-10,17H2,1H3. The van der Waals surface area contributed by atoms with Crippen molar-refractivity contribution in [3.05, 3.63) is 54.4 Å². The maximum Gasteiger partial charge on any atom is 0.144 e. The first kappa shape index (κ1) is 12.7. The van der Waals surface area contributed by atoms with Crippen LogP contribution in [0.25, 0.3) is 16.9 Å². The molecule has 2 N–H and O–H groups in total. The summed E-state index contributed by atoms with van der Waals surface area (Å²) >= 11 is 0. The van der Waals surface area contributed by atoms with Crippen LogP contribution in [-0.2, 0) is 6.42 Å². The van der Waals surface area contributed by atoms with E-state index in [-0.39, 0.29) is 0 Å². The summed E-state index contributed by atoms with van der Waals surface area (Å²) in [4.78, 5) is 4.75. The predicted molar refractivity (Wildman–Crippen MR) is 79.9 cm³/mol. The smallest absolute Gasteiger partial charge is 0.144 e. The van der Waals surface area contributed by atoms with Crippen LogP contribution in [0.15, 0.2) is 48.7 Å². The van der Waals surface area contributed by atoms with Gasteiger partial charge in [0.25, 0.3) is 0 Å². The van der Waals surface area contributed by atoms with Crippen molar-refractivity contribution in [3.63, 3.8) is 0 Å². The van der Waals surface area contributed by atoms with Gasteiger partial charge in [0.15, 0.2) is 0 Å². The Hall–Kier alpha value is -2.33. The molecule has 3 aromatic rings. The van der Waals surface area contributed by atoms with E-state index in [9.17, 15) is 0 Å². The molecule has 2 aromatic heterocycles. The number of nitrogens with zero attached hydrogens (tertiary/aromatic N) is 2. The maximum atomic E-state index is 5.67. The average molecular weight is 267 g/mol. The van der Waals surface area contributed by atoms with Gasteiger partial charge in [0, 0.05) is 18.2 Å². The monoisotopic (exact) mass is 267 g/mol. The summed E-state index contributed by atoms with van der Waals surface area (Å²) in [5, 5.41) is 0. The number of hydrogen-bond donors (Lipinski definition) is 1. The Morgan fingerprint density at radius 1 is 1.15 bits per heavy atom. The van der Waals surface area contributed by atoms with Crippen molar-refractivity contribution >= 4 is 5.52 Å². The number of methoxy groups -OCH3 is 1. The van der Waals surface area contributed by atoms with Crippen LogP contribution in [0, 0.1) is 0 Å². The highest BCUT2D eigenvalue weighted by Crippen LogP contribution is 2.24. The van der Waals surface area contributed by atoms with Crippen LogP contribution in [0.3, 0.4) is 0 Å². The molecule has 0 aliphatic carbocycles. The van der Waals surface area contributed by atoms with Crippen LogP contribution in [0.2, 0.25) is 0 Å². The number of rotatable bonds is 4. The summed E-state index contributed by atoms with van der Waals surface area (Å²) in [6.45, 7) is 0.601. The fourth-order valence-corrected chi connectivity index (χ4v) is 2.37. The van der Waals surface area contributed by atoms with E-state index >= 15 is 0 Å². The highest BCUT2D eigenvalue weighted by molar-refractivity contribution is 5.66. The van der Waals surface area contributed by atoms with Gasteiger partial charge in [0.2, 0.25) is 0 Å². The van der Waals surface area contributed by atoms with Crippen molar-refractivity contribution in [2.45, 2.75) is 6.42 Å². The van der Waals surface area contributed by atoms with Crippen LogP contribution in [-0.4, -0.2) is 23.0 Å². The first-order valence-corrected chi connectivity index (χ1v) is 6.64. The molecule has 0 aliphatic rings. The Kier molecular flexibility index (Phi) is 3.39. The van der Waals surface area contributed by atoms with Crippen LogP contribution >= 0.6 is 0 Å². The predicted octanol–water partition coefficient (Wildman–Crippen LogP) is 2.51. The zero-order valence-corrected chi connectivity index (χ0v) is 11.4. The second-order valence-electron chi connectivity index (χ2n) is 4.61. The topological polar surface area (TPSA) is 52.5 Å². The van der Waals surface area contributed by atoms with E-state index < -0.39 is 0 Å². The van der Waals surface area contributed by atoms with Gasteiger partial charge in [-0.05, 0) is 42.9 Å². The van der Waals surface area contributed by atoms with Crippen molar-refractivity contribution < 1.29 is 4.74 Å². The van der Waals surface area contributed by atoms with Crippen molar-refractivity contribution in [2.75, 3.05) is 13.7 Å². The summed E-state index contributed by atoms with van der Waals surface area (Å²) in [6, 6.07) is 14.0. The van der Waals surface area contributed by atoms with Gasteiger partial charge < -0.3 is 10.5 Å². The first-order valence-electron chi connectivity index (χ1n) is 6.64. The third kappa shape index (κ3) is 2.14. The third-order valence-corrected chi connectivity index (χ3v) is 3.35. The number of hydrogen-bond acceptors (Lipinski definition) is 3. The SMILES string of the molecule is COc1ccc(-c2nc(CCN)c3ccccn23)cc1. The Morgan fingerprint density at radius 2 is 1.95 bits per heavy atom. The van der Waals surface area contributed by atoms with Crippen LogP contribution in [0.5, 0.6) is 5.75 Å². The van der Waals surface area contributed by atoms with Crippen molar-refractivity contribution in [3.8, 4) is 17.1 Å². The van der Waals surface area contributed by atoms with Gasteiger partial charge in [-0.1, -0.05) is 6.07 Å². The number of ether oxygens (including phenoxy) is 1. The summed E-state index contributed by atoms with van der Waals surface area (Å²) in [7, 11) is 1.67. The fraction of sp³-hybridized carbons (Fsp3) is 0.188. The molecule has 1 aromatic carbocycles. The Balaban J connectivity index is 2.14. The van der Waals surface area contributed by atoms with Crippen molar-refractivity contribution in [1.29, 1.82) is 0 Å². The van der Waals surface area contributed by atoms with Crippen LogP contribution in [0.4, 0.5) is 0 Å². The number of pyridine rings is 1. The Morgan fingerprint density at radius 3 is 2.65 bits per heavy atom. The van der Waals surface area contributed by atoms with E-state index in [0.29, 0.717) is 6.54 Å². The van der Waals surface area contributed by atoms with Gasteiger partial charge in [-0.2, -0.15) is 0 Å². The van der Waals surface area contributed by atoms with Gasteiger partial charge >= 0.3 is 0 Å². The van der Waals surface area contributed by atoms with E-state index in [1.54, 1.807) is 7.11 Å². The van der Waals surface area contributed by atoms with Gasteiger partial charge in [0.05, 0.1) is 18.3 Å². The third-order valence-electron chi connectivity index (χ3n) is 3.35. The lowest BCUT2D eigenvalue weighted by Gasteiger charge is -2.03. The second-order valence-corrected chi connectivity index (χ2v) is 4.61. The molecule has 0 bridgehead atoms. The van der Waals surface area contributed by atoms with E-state index in [1.807, 2.05) is 42.6 Å². The highest BCUT2D eigenvalue weighted by atomic mass is 16.5. The average Bonchev–Trinajstić information content (AvgIpc) is 2.87. The molecule has 2 heterocycles. The molecule has 4 heteroatoms. The highest BCUT2D eigenvalue weighted by Gasteiger charge is 2.11. The molecule has 0 unspecified atom stereocenters. The molecule has 0 spiro atoms. The molecule has 0 fully saturated rings. The molecular formula is C16H17N3O. The molecule has 0 atom stereocenters. The lowest BCUT2D eigenvalue weighted by molar-refractivity contribution is 0.415. The number of imidazole rings is 1. The van der Waals surface area contributed by atoms with Crippen LogP contribution in [0.1, 0.15) is 5.69 Å². The molecule has 0 saturated heterocycles. The van der Waals surface area contributed by atoms with Gasteiger partial charge in [-0.3, -0.25) is 4.40 Å². The van der Waals surface area contributed by atoms with Crippen molar-refractivity contribution in [1.82, 2.24) is 9.38 Å². The molecule has 0 radical (unpaired) electrons. The second kappa shape index (κ2) is 5.35. The molecule has 0 aliphatic heterocycles. The molecule has 0 saturated carbocycles. The quantitative estimate of drug-likeness (QED) is 0.790. The van der Waals surface area contributed by atoms with E-state index in [4.69, 9.17) is 15.5 Å². The van der Waals surface area contributed by atoms with Crippen molar-refractivity contribution in [2.24, 2.45) is 5.73 Å². The van der Waals surface area contributed by atoms with Gasteiger partial charge in [-0.15, -0.1) is 0 Å². The number of nitrogens with two attached hydrogens (primary N) is 1. The lowest BCUT2D eigenvalue weighted by atomic mass is 10.2. The largest absolute Gasteiger partial charge is 0.497 e. The maximum absolute atomic E-state index is 5.67. The zero-order valence-electron chi connectivity index (χ0n) is 11.4. The number of aromatic nitrogens is 2. The molecule has 4 nitrogen and oxygen atoms in total. The molecule has 0 amide bonds.